The number of amides is 1. The highest BCUT2D eigenvalue weighted by atomic mass is 19.4. The molecule has 0 spiro atoms. The summed E-state index contributed by atoms with van der Waals surface area (Å²) in [6.45, 7) is 1.49. The molecule has 2 N–H and O–H groups in total. The Kier molecular flexibility index (Phi) is 5.49. The van der Waals surface area contributed by atoms with E-state index in [9.17, 15) is 22.8 Å². The van der Waals surface area contributed by atoms with Crippen LogP contribution in [-0.4, -0.2) is 65.0 Å². The Morgan fingerprint density at radius 3 is 2.44 bits per heavy atom. The molecule has 3 heterocycles. The number of nitrogens with zero attached hydrogens (tertiary/aromatic N) is 3. The van der Waals surface area contributed by atoms with Crippen LogP contribution < -0.4 is 10.2 Å². The number of carbonyl (C=O) groups excluding carboxylic acids is 1. The number of carbonyl (C=O) groups is 2. The van der Waals surface area contributed by atoms with Crippen molar-refractivity contribution in [1.82, 2.24) is 15.3 Å². The molecule has 1 aromatic rings. The number of piperidine rings is 1. The lowest BCUT2D eigenvalue weighted by molar-refractivity contribution is -0.174. The van der Waals surface area contributed by atoms with Gasteiger partial charge in [0.05, 0.1) is 24.5 Å². The van der Waals surface area contributed by atoms with E-state index in [1.54, 1.807) is 0 Å². The van der Waals surface area contributed by atoms with Gasteiger partial charge in [0.1, 0.15) is 5.82 Å². The molecule has 0 radical (unpaired) electrons. The highest BCUT2D eigenvalue weighted by molar-refractivity contribution is 5.85. The largest absolute Gasteiger partial charge is 0.476 e. The standard InChI is InChI=1S/C16H19F3N4O4/c17-16(18,19)15(26)22-10-3-6-27-13(10)9-1-4-23(5-2-9)12-8-20-11(7-21-12)14(24)25/h7-10,13H,1-6H2,(H,22,26)(H,24,25)/t10-,13+/m1/s1. The fourth-order valence-electron chi connectivity index (χ4n) is 3.53. The predicted octanol–water partition coefficient (Wildman–Crippen LogP) is 1.23. The van der Waals surface area contributed by atoms with Crippen LogP contribution >= 0.6 is 0 Å². The van der Waals surface area contributed by atoms with Crippen molar-refractivity contribution in [3.63, 3.8) is 0 Å². The SMILES string of the molecule is O=C(O)c1cnc(N2CCC([C@@H]3OCC[C@H]3NC(=O)C(F)(F)F)CC2)cn1. The number of hydrogen-bond donors (Lipinski definition) is 2. The van der Waals surface area contributed by atoms with Crippen LogP contribution in [0.3, 0.4) is 0 Å². The van der Waals surface area contributed by atoms with E-state index in [0.29, 0.717) is 44.8 Å². The van der Waals surface area contributed by atoms with Crippen molar-refractivity contribution in [1.29, 1.82) is 0 Å². The smallest absolute Gasteiger partial charge is 0.471 e. The fraction of sp³-hybridized carbons (Fsp3) is 0.625. The van der Waals surface area contributed by atoms with Crippen LogP contribution in [0.1, 0.15) is 29.8 Å². The molecule has 1 amide bonds. The molecule has 0 unspecified atom stereocenters. The van der Waals surface area contributed by atoms with Crippen LogP contribution in [0.4, 0.5) is 19.0 Å². The molecule has 11 heteroatoms. The number of halogens is 3. The summed E-state index contributed by atoms with van der Waals surface area (Å²) in [6.07, 6.45) is -1.10. The Labute approximate surface area is 152 Å². The zero-order chi connectivity index (χ0) is 19.6. The molecule has 1 aromatic heterocycles. The Hall–Kier alpha value is -2.43. The number of alkyl halides is 3. The van der Waals surface area contributed by atoms with Gasteiger partial charge >= 0.3 is 18.1 Å². The van der Waals surface area contributed by atoms with Crippen molar-refractivity contribution in [2.45, 2.75) is 37.6 Å². The summed E-state index contributed by atoms with van der Waals surface area (Å²) >= 11 is 0. The Morgan fingerprint density at radius 1 is 1.19 bits per heavy atom. The molecule has 2 atom stereocenters. The van der Waals surface area contributed by atoms with Crippen LogP contribution in [-0.2, 0) is 9.53 Å². The van der Waals surface area contributed by atoms with E-state index in [1.165, 1.54) is 12.4 Å². The van der Waals surface area contributed by atoms with Gasteiger partial charge in [0.2, 0.25) is 0 Å². The lowest BCUT2D eigenvalue weighted by atomic mass is 9.87. The van der Waals surface area contributed by atoms with Crippen LogP contribution in [0.2, 0.25) is 0 Å². The minimum absolute atomic E-state index is 0.0218. The number of anilines is 1. The molecule has 8 nitrogen and oxygen atoms in total. The molecule has 3 rings (SSSR count). The first-order chi connectivity index (χ1) is 12.8. The summed E-state index contributed by atoms with van der Waals surface area (Å²) in [5, 5.41) is 10.9. The number of aromatic nitrogens is 2. The van der Waals surface area contributed by atoms with Crippen molar-refractivity contribution in [3.8, 4) is 0 Å². The minimum Gasteiger partial charge on any atom is -0.476 e. The number of ether oxygens (including phenoxy) is 1. The second kappa shape index (κ2) is 7.67. The maximum Gasteiger partial charge on any atom is 0.471 e. The zero-order valence-electron chi connectivity index (χ0n) is 14.3. The molecule has 0 aromatic carbocycles. The van der Waals surface area contributed by atoms with E-state index in [4.69, 9.17) is 9.84 Å². The van der Waals surface area contributed by atoms with E-state index < -0.39 is 30.2 Å². The van der Waals surface area contributed by atoms with Crippen LogP contribution in [0.15, 0.2) is 12.4 Å². The van der Waals surface area contributed by atoms with Crippen LogP contribution in [0.25, 0.3) is 0 Å². The second-order valence-corrected chi connectivity index (χ2v) is 6.59. The molecule has 0 aliphatic carbocycles. The van der Waals surface area contributed by atoms with Gasteiger partial charge in [-0.2, -0.15) is 13.2 Å². The molecule has 2 aliphatic heterocycles. The summed E-state index contributed by atoms with van der Waals surface area (Å²) in [4.78, 5) is 31.9. The fourth-order valence-corrected chi connectivity index (χ4v) is 3.53. The number of carboxylic acids is 1. The third-order valence-corrected chi connectivity index (χ3v) is 4.90. The van der Waals surface area contributed by atoms with Gasteiger partial charge in [0.15, 0.2) is 5.69 Å². The number of aromatic carboxylic acids is 1. The number of nitrogens with one attached hydrogen (secondary N) is 1. The lowest BCUT2D eigenvalue weighted by Crippen LogP contribution is -2.50. The summed E-state index contributed by atoms with van der Waals surface area (Å²) in [5.41, 5.74) is -0.142. The van der Waals surface area contributed by atoms with Gasteiger partial charge in [-0.05, 0) is 25.2 Å². The average Bonchev–Trinajstić information content (AvgIpc) is 3.09. The molecule has 2 aliphatic rings. The number of rotatable bonds is 4. The first-order valence-corrected chi connectivity index (χ1v) is 8.55. The second-order valence-electron chi connectivity index (χ2n) is 6.59. The lowest BCUT2D eigenvalue weighted by Gasteiger charge is -2.36. The monoisotopic (exact) mass is 388 g/mol. The third-order valence-electron chi connectivity index (χ3n) is 4.90. The van der Waals surface area contributed by atoms with E-state index in [-0.39, 0.29) is 11.6 Å². The van der Waals surface area contributed by atoms with Crippen LogP contribution in [0.5, 0.6) is 0 Å². The molecule has 2 fully saturated rings. The maximum atomic E-state index is 12.5. The summed E-state index contributed by atoms with van der Waals surface area (Å²) in [7, 11) is 0. The summed E-state index contributed by atoms with van der Waals surface area (Å²) in [6, 6.07) is -0.648. The average molecular weight is 388 g/mol. The Morgan fingerprint density at radius 2 is 1.89 bits per heavy atom. The zero-order valence-corrected chi connectivity index (χ0v) is 14.3. The third kappa shape index (κ3) is 4.46. The van der Waals surface area contributed by atoms with E-state index in [2.05, 4.69) is 9.97 Å². The van der Waals surface area contributed by atoms with Gasteiger partial charge < -0.3 is 20.1 Å². The molecular formula is C16H19F3N4O4. The molecular weight excluding hydrogens is 369 g/mol. The molecule has 2 saturated heterocycles. The number of carboxylic acid groups (broad SMARTS) is 1. The summed E-state index contributed by atoms with van der Waals surface area (Å²) < 4.78 is 43.0. The van der Waals surface area contributed by atoms with Gasteiger partial charge in [-0.15, -0.1) is 0 Å². The maximum absolute atomic E-state index is 12.5. The number of hydrogen-bond acceptors (Lipinski definition) is 6. The first kappa shape index (κ1) is 19.3. The quantitative estimate of drug-likeness (QED) is 0.799. The van der Waals surface area contributed by atoms with Crippen molar-refractivity contribution < 1.29 is 32.6 Å². The van der Waals surface area contributed by atoms with E-state index >= 15 is 0 Å². The molecule has 0 bridgehead atoms. The summed E-state index contributed by atoms with van der Waals surface area (Å²) in [5.74, 6) is -2.52. The van der Waals surface area contributed by atoms with Crippen LogP contribution in [0, 0.1) is 5.92 Å². The van der Waals surface area contributed by atoms with E-state index in [0.717, 1.165) is 0 Å². The van der Waals surface area contributed by atoms with Gasteiger partial charge in [-0.3, -0.25) is 4.79 Å². The highest BCUT2D eigenvalue weighted by Crippen LogP contribution is 2.31. The van der Waals surface area contributed by atoms with Crippen molar-refractivity contribution in [3.05, 3.63) is 18.1 Å². The van der Waals surface area contributed by atoms with Gasteiger partial charge in [-0.25, -0.2) is 14.8 Å². The molecule has 0 saturated carbocycles. The predicted molar refractivity (Wildman–Crippen MR) is 86.3 cm³/mol. The van der Waals surface area contributed by atoms with Gasteiger partial charge in [0.25, 0.3) is 0 Å². The van der Waals surface area contributed by atoms with E-state index in [1.807, 2.05) is 10.2 Å². The normalized spacial score (nSPS) is 24.0. The molecule has 27 heavy (non-hydrogen) atoms. The highest BCUT2D eigenvalue weighted by Gasteiger charge is 2.44. The van der Waals surface area contributed by atoms with Crippen molar-refractivity contribution >= 4 is 17.7 Å². The van der Waals surface area contributed by atoms with Crippen molar-refractivity contribution in [2.75, 3.05) is 24.6 Å². The topological polar surface area (TPSA) is 105 Å². The van der Waals surface area contributed by atoms with Crippen molar-refractivity contribution in [2.24, 2.45) is 5.92 Å². The minimum atomic E-state index is -4.91. The van der Waals surface area contributed by atoms with Gasteiger partial charge in [0, 0.05) is 19.7 Å². The van der Waals surface area contributed by atoms with Gasteiger partial charge in [-0.1, -0.05) is 0 Å². The Balaban J connectivity index is 1.56. The Bertz CT molecular complexity index is 690. The molecule has 148 valence electrons. The first-order valence-electron chi connectivity index (χ1n) is 8.55.